The zero-order chi connectivity index (χ0) is 8.10. The van der Waals surface area contributed by atoms with Crippen LogP contribution < -0.4 is 3.12 Å². The van der Waals surface area contributed by atoms with Crippen molar-refractivity contribution >= 4 is 25.8 Å². The van der Waals surface area contributed by atoms with Crippen molar-refractivity contribution in [1.82, 2.24) is 0 Å². The van der Waals surface area contributed by atoms with Crippen LogP contribution in [-0.4, -0.2) is 22.7 Å². The molecule has 0 saturated heterocycles. The maximum atomic E-state index is 8.61. The van der Waals surface area contributed by atoms with Gasteiger partial charge in [-0.1, -0.05) is 0 Å². The fourth-order valence-corrected chi connectivity index (χ4v) is 4.57. The third-order valence-electron chi connectivity index (χ3n) is 1.39. The van der Waals surface area contributed by atoms with Gasteiger partial charge < -0.3 is 0 Å². The minimum absolute atomic E-state index is 0.984. The van der Waals surface area contributed by atoms with E-state index in [2.05, 4.69) is 7.26 Å². The van der Waals surface area contributed by atoms with Crippen molar-refractivity contribution in [2.24, 2.45) is 0 Å². The van der Waals surface area contributed by atoms with Gasteiger partial charge in [0.25, 0.3) is 0 Å². The van der Waals surface area contributed by atoms with Crippen LogP contribution in [0.25, 0.3) is 0 Å². The third-order valence-corrected chi connectivity index (χ3v) is 7.49. The van der Waals surface area contributed by atoms with E-state index in [-0.39, 0.29) is 0 Å². The molecular formula is C8H5N2Tl. The van der Waals surface area contributed by atoms with Gasteiger partial charge in [-0.25, -0.2) is 0 Å². The number of nitrogens with zero attached hydrogens (tertiary/aromatic N) is 2. The van der Waals surface area contributed by atoms with Gasteiger partial charge in [0.1, 0.15) is 0 Å². The second kappa shape index (κ2) is 4.10. The molecule has 11 heavy (non-hydrogen) atoms. The van der Waals surface area contributed by atoms with Gasteiger partial charge >= 0.3 is 73.9 Å². The number of rotatable bonds is 1. The molecule has 2 nitrogen and oxygen atoms in total. The Morgan fingerprint density at radius 3 is 2.00 bits per heavy atom. The summed E-state index contributed by atoms with van der Waals surface area (Å²) >= 11 is -2.73. The fraction of sp³-hybridized carbons (Fsp3) is 0. The summed E-state index contributed by atoms with van der Waals surface area (Å²) in [7, 11) is 0. The predicted octanol–water partition coefficient (Wildman–Crippen LogP) is 0.514. The summed E-state index contributed by atoms with van der Waals surface area (Å²) in [5, 5.41) is 17.2. The molecule has 0 bridgehead atoms. The van der Waals surface area contributed by atoms with E-state index < -0.39 is 22.7 Å². The van der Waals surface area contributed by atoms with Crippen molar-refractivity contribution in [2.75, 3.05) is 0 Å². The molecule has 50 valence electrons. The first kappa shape index (κ1) is 8.22. The topological polar surface area (TPSA) is 47.6 Å². The van der Waals surface area contributed by atoms with Gasteiger partial charge in [0.05, 0.1) is 0 Å². The Morgan fingerprint density at radius 1 is 1.00 bits per heavy atom. The van der Waals surface area contributed by atoms with Crippen molar-refractivity contribution in [1.29, 1.82) is 10.5 Å². The average molecular weight is 334 g/mol. The SMILES string of the molecule is N#[C][Tl]([C]#N)[c]1ccccc1. The van der Waals surface area contributed by atoms with Gasteiger partial charge in [0, 0.05) is 0 Å². The van der Waals surface area contributed by atoms with Gasteiger partial charge in [0.2, 0.25) is 0 Å². The van der Waals surface area contributed by atoms with Crippen molar-refractivity contribution < 1.29 is 0 Å². The summed E-state index contributed by atoms with van der Waals surface area (Å²) in [5.41, 5.74) is 0. The molecule has 0 spiro atoms. The first-order valence-corrected chi connectivity index (χ1v) is 9.96. The number of nitriles is 2. The summed E-state index contributed by atoms with van der Waals surface area (Å²) in [4.78, 5) is 0. The average Bonchev–Trinajstić information content (AvgIpc) is 2.09. The Bertz CT molecular complexity index is 293. The van der Waals surface area contributed by atoms with Gasteiger partial charge in [-0.3, -0.25) is 0 Å². The van der Waals surface area contributed by atoms with Crippen molar-refractivity contribution in [2.45, 2.75) is 0 Å². The van der Waals surface area contributed by atoms with E-state index >= 15 is 0 Å². The van der Waals surface area contributed by atoms with Crippen LogP contribution in [0.4, 0.5) is 0 Å². The fourth-order valence-electron chi connectivity index (χ4n) is 0.823. The zero-order valence-electron chi connectivity index (χ0n) is 5.86. The molecule has 0 amide bonds. The van der Waals surface area contributed by atoms with Gasteiger partial charge in [-0.2, -0.15) is 0 Å². The Kier molecular flexibility index (Phi) is 3.06. The summed E-state index contributed by atoms with van der Waals surface area (Å²) in [6, 6.07) is 9.38. The van der Waals surface area contributed by atoms with Crippen LogP contribution in [0.1, 0.15) is 0 Å². The maximum absolute atomic E-state index is 8.61. The normalized spacial score (nSPS) is 7.82. The summed E-state index contributed by atoms with van der Waals surface area (Å²) in [6.45, 7) is 0. The Hall–Kier alpha value is -0.878. The first-order chi connectivity index (χ1) is 5.38. The van der Waals surface area contributed by atoms with Crippen LogP contribution in [-0.2, 0) is 0 Å². The van der Waals surface area contributed by atoms with Crippen molar-refractivity contribution in [3.05, 3.63) is 30.3 Å². The van der Waals surface area contributed by atoms with Crippen LogP contribution in [0.2, 0.25) is 0 Å². The molecule has 1 rings (SSSR count). The molecule has 0 aliphatic carbocycles. The molecule has 0 N–H and O–H groups in total. The molecule has 0 fully saturated rings. The van der Waals surface area contributed by atoms with Crippen LogP contribution in [0.3, 0.4) is 0 Å². The quantitative estimate of drug-likeness (QED) is 0.703. The second-order valence-corrected chi connectivity index (χ2v) is 10.1. The second-order valence-electron chi connectivity index (χ2n) is 2.10. The molecule has 3 heteroatoms. The molecule has 0 aromatic heterocycles. The summed E-state index contributed by atoms with van der Waals surface area (Å²) in [6.07, 6.45) is 0. The number of hydrogen-bond donors (Lipinski definition) is 0. The molecule has 0 unspecified atom stereocenters. The summed E-state index contributed by atoms with van der Waals surface area (Å²) in [5.74, 6) is 0. The third kappa shape index (κ3) is 2.02. The molecule has 0 heterocycles. The zero-order valence-corrected chi connectivity index (χ0v) is 10.3. The number of hydrogen-bond acceptors (Lipinski definition) is 2. The van der Waals surface area contributed by atoms with E-state index in [4.69, 9.17) is 10.5 Å². The van der Waals surface area contributed by atoms with Gasteiger partial charge in [0.15, 0.2) is 0 Å². The van der Waals surface area contributed by atoms with Crippen LogP contribution >= 0.6 is 0 Å². The van der Waals surface area contributed by atoms with Crippen LogP contribution in [0, 0.1) is 17.8 Å². The van der Waals surface area contributed by atoms with Gasteiger partial charge in [-0.05, 0) is 0 Å². The molecule has 1 aromatic rings. The van der Waals surface area contributed by atoms with E-state index in [9.17, 15) is 0 Å². The predicted molar refractivity (Wildman–Crippen MR) is 43.1 cm³/mol. The Labute approximate surface area is 73.8 Å². The van der Waals surface area contributed by atoms with E-state index in [1.807, 2.05) is 30.3 Å². The minimum atomic E-state index is -2.73. The van der Waals surface area contributed by atoms with E-state index in [1.165, 1.54) is 0 Å². The summed E-state index contributed by atoms with van der Waals surface area (Å²) < 4.78 is 5.24. The Balaban J connectivity index is 2.96. The van der Waals surface area contributed by atoms with Crippen molar-refractivity contribution in [3.8, 4) is 7.26 Å². The van der Waals surface area contributed by atoms with Crippen molar-refractivity contribution in [3.63, 3.8) is 0 Å². The molecule has 0 atom stereocenters. The first-order valence-electron chi connectivity index (χ1n) is 3.22. The van der Waals surface area contributed by atoms with Crippen LogP contribution in [0.5, 0.6) is 0 Å². The molecular weight excluding hydrogens is 328 g/mol. The van der Waals surface area contributed by atoms with E-state index in [0.717, 1.165) is 3.12 Å². The monoisotopic (exact) mass is 334 g/mol. The molecule has 0 aliphatic heterocycles. The Morgan fingerprint density at radius 2 is 1.55 bits per heavy atom. The van der Waals surface area contributed by atoms with Gasteiger partial charge in [-0.15, -0.1) is 0 Å². The van der Waals surface area contributed by atoms with Crippen LogP contribution in [0.15, 0.2) is 30.3 Å². The van der Waals surface area contributed by atoms with E-state index in [0.29, 0.717) is 0 Å². The number of benzene rings is 1. The standard InChI is InChI=1S/C6H5.2CN.Tl/c1-2-4-6-5-3-1;2*1-2;/h1-5H;;;. The van der Waals surface area contributed by atoms with E-state index in [1.54, 1.807) is 0 Å². The molecule has 0 aliphatic rings. The molecule has 1 aromatic carbocycles. The molecule has 0 saturated carbocycles. The molecule has 0 radical (unpaired) electrons.